The number of nitrogens with zero attached hydrogens (tertiary/aromatic N) is 4. The molecule has 0 saturated carbocycles. The molecular weight excluding hydrogens is 589 g/mol. The minimum absolute atomic E-state index is 0.758. The van der Waals surface area contributed by atoms with Crippen molar-refractivity contribution < 1.29 is 0 Å². The van der Waals surface area contributed by atoms with Gasteiger partial charge in [-0.15, -0.1) is 0 Å². The van der Waals surface area contributed by atoms with Gasteiger partial charge in [0.15, 0.2) is 5.82 Å². The Morgan fingerprint density at radius 2 is 1.04 bits per heavy atom. The van der Waals surface area contributed by atoms with Crippen LogP contribution in [0.15, 0.2) is 146 Å². The van der Waals surface area contributed by atoms with Crippen LogP contribution < -0.4 is 10.4 Å². The fourth-order valence-corrected chi connectivity index (χ4v) is 11.2. The Morgan fingerprint density at radius 3 is 1.74 bits per heavy atom. The van der Waals surface area contributed by atoms with Crippen molar-refractivity contribution >= 4 is 62.1 Å². The summed E-state index contributed by atoms with van der Waals surface area (Å²) in [5.41, 5.74) is 9.23. The van der Waals surface area contributed by atoms with Gasteiger partial charge in [0.25, 0.3) is 0 Å². The third kappa shape index (κ3) is 3.57. The summed E-state index contributed by atoms with van der Waals surface area (Å²) in [7, 11) is -2.17. The molecule has 0 saturated heterocycles. The van der Waals surface area contributed by atoms with Gasteiger partial charge in [-0.25, -0.2) is 9.97 Å². The van der Waals surface area contributed by atoms with E-state index in [-0.39, 0.29) is 0 Å². The molecule has 1 aliphatic rings. The van der Waals surface area contributed by atoms with Crippen molar-refractivity contribution in [3.63, 3.8) is 0 Å². The quantitative estimate of drug-likeness (QED) is 0.185. The van der Waals surface area contributed by atoms with Crippen LogP contribution >= 0.6 is 0 Å². The van der Waals surface area contributed by atoms with E-state index in [2.05, 4.69) is 162 Å². The highest BCUT2D eigenvalue weighted by Crippen LogP contribution is 2.43. The lowest BCUT2D eigenvalue weighted by Gasteiger charge is -2.22. The fraction of sp³-hybridized carbons (Fsp3) is 0.0476. The lowest BCUT2D eigenvalue weighted by Crippen LogP contribution is -2.51. The Kier molecular flexibility index (Phi) is 5.41. The van der Waals surface area contributed by atoms with Crippen LogP contribution in [0.25, 0.3) is 77.8 Å². The van der Waals surface area contributed by atoms with Gasteiger partial charge in [-0.2, -0.15) is 0 Å². The zero-order valence-electron chi connectivity index (χ0n) is 26.1. The van der Waals surface area contributed by atoms with Crippen molar-refractivity contribution in [3.8, 4) is 34.2 Å². The minimum atomic E-state index is -2.17. The molecule has 9 aromatic rings. The molecule has 5 heteroatoms. The summed E-state index contributed by atoms with van der Waals surface area (Å²) >= 11 is 0. The van der Waals surface area contributed by atoms with Gasteiger partial charge in [-0.05, 0) is 47.1 Å². The summed E-state index contributed by atoms with van der Waals surface area (Å²) in [6.07, 6.45) is 0. The molecule has 0 spiro atoms. The van der Waals surface area contributed by atoms with Gasteiger partial charge in [0.05, 0.1) is 27.8 Å². The number of benzene rings is 6. The minimum Gasteiger partial charge on any atom is -0.309 e. The second-order valence-electron chi connectivity index (χ2n) is 13.0. The van der Waals surface area contributed by atoms with Gasteiger partial charge in [0.1, 0.15) is 13.9 Å². The molecule has 0 bridgehead atoms. The number of fused-ring (bicyclic) bond motifs is 10. The van der Waals surface area contributed by atoms with E-state index in [9.17, 15) is 0 Å². The van der Waals surface area contributed by atoms with E-state index in [4.69, 9.17) is 9.97 Å². The molecule has 4 nitrogen and oxygen atoms in total. The zero-order valence-corrected chi connectivity index (χ0v) is 27.1. The molecule has 47 heavy (non-hydrogen) atoms. The molecule has 0 aliphatic carbocycles. The largest absolute Gasteiger partial charge is 0.309 e. The van der Waals surface area contributed by atoms with Gasteiger partial charge >= 0.3 is 0 Å². The SMILES string of the molecule is C[Si]1(C)c2ccccc2-c2nc(-c3ccccc3)nc(-n3c4ccccc4c4c5c6ccccc6n(-c6ccccc6)c5ccc43)c21. The normalized spacial score (nSPS) is 13.5. The highest BCUT2D eigenvalue weighted by atomic mass is 28.3. The van der Waals surface area contributed by atoms with Crippen molar-refractivity contribution in [1.82, 2.24) is 19.1 Å². The molecule has 0 amide bonds. The molecule has 1 aliphatic heterocycles. The molecule has 222 valence electrons. The van der Waals surface area contributed by atoms with E-state index >= 15 is 0 Å². The summed E-state index contributed by atoms with van der Waals surface area (Å²) in [5.74, 6) is 1.76. The second kappa shape index (κ2) is 9.61. The highest BCUT2D eigenvalue weighted by Gasteiger charge is 2.42. The molecule has 10 rings (SSSR count). The van der Waals surface area contributed by atoms with Crippen LogP contribution in [-0.4, -0.2) is 27.2 Å². The third-order valence-corrected chi connectivity index (χ3v) is 13.6. The van der Waals surface area contributed by atoms with E-state index in [1.165, 1.54) is 48.5 Å². The smallest absolute Gasteiger partial charge is 0.162 e. The molecule has 6 aromatic carbocycles. The highest BCUT2D eigenvalue weighted by molar-refractivity contribution is 7.04. The predicted molar refractivity (Wildman–Crippen MR) is 198 cm³/mol. The first kappa shape index (κ1) is 26.4. The summed E-state index contributed by atoms with van der Waals surface area (Å²) in [4.78, 5) is 10.8. The summed E-state index contributed by atoms with van der Waals surface area (Å²) in [5, 5.41) is 7.73. The van der Waals surface area contributed by atoms with E-state index in [1.807, 2.05) is 6.07 Å². The van der Waals surface area contributed by atoms with Gasteiger partial charge in [0, 0.05) is 38.0 Å². The zero-order chi connectivity index (χ0) is 31.3. The maximum Gasteiger partial charge on any atom is 0.162 e. The summed E-state index contributed by atoms with van der Waals surface area (Å²) in [6.45, 7) is 4.90. The van der Waals surface area contributed by atoms with Crippen LogP contribution in [0.1, 0.15) is 0 Å². The van der Waals surface area contributed by atoms with Gasteiger partial charge in [0.2, 0.25) is 0 Å². The topological polar surface area (TPSA) is 35.6 Å². The molecule has 0 unspecified atom stereocenters. The van der Waals surface area contributed by atoms with Crippen LogP contribution in [0.5, 0.6) is 0 Å². The summed E-state index contributed by atoms with van der Waals surface area (Å²) < 4.78 is 4.84. The Morgan fingerprint density at radius 1 is 0.489 bits per heavy atom. The third-order valence-electron chi connectivity index (χ3n) is 10.1. The lowest BCUT2D eigenvalue weighted by molar-refractivity contribution is 1.06. The Labute approximate surface area is 273 Å². The molecule has 0 fully saturated rings. The average molecular weight is 619 g/mol. The molecule has 0 atom stereocenters. The van der Waals surface area contributed by atoms with Gasteiger partial charge in [-0.3, -0.25) is 4.57 Å². The van der Waals surface area contributed by atoms with Gasteiger partial charge in [-0.1, -0.05) is 122 Å². The Hall–Kier alpha value is -5.78. The Balaban J connectivity index is 1.39. The number of hydrogen-bond donors (Lipinski definition) is 0. The first-order valence-corrected chi connectivity index (χ1v) is 19.2. The second-order valence-corrected chi connectivity index (χ2v) is 17.3. The Bertz CT molecular complexity index is 2700. The molecule has 4 heterocycles. The van der Waals surface area contributed by atoms with Crippen LogP contribution in [0.4, 0.5) is 0 Å². The summed E-state index contributed by atoms with van der Waals surface area (Å²) in [6, 6.07) is 52.2. The molecule has 0 N–H and O–H groups in total. The van der Waals surface area contributed by atoms with E-state index in [0.29, 0.717) is 0 Å². The van der Waals surface area contributed by atoms with E-state index in [1.54, 1.807) is 0 Å². The van der Waals surface area contributed by atoms with Crippen molar-refractivity contribution in [2.45, 2.75) is 13.1 Å². The van der Waals surface area contributed by atoms with E-state index < -0.39 is 8.07 Å². The van der Waals surface area contributed by atoms with Crippen LogP contribution in [0.3, 0.4) is 0 Å². The van der Waals surface area contributed by atoms with Crippen LogP contribution in [0.2, 0.25) is 13.1 Å². The number of rotatable bonds is 3. The molecule has 0 radical (unpaired) electrons. The molecular formula is C42H30N4Si. The average Bonchev–Trinajstić information content (AvgIpc) is 3.72. The van der Waals surface area contributed by atoms with Crippen LogP contribution in [-0.2, 0) is 0 Å². The van der Waals surface area contributed by atoms with Gasteiger partial charge < -0.3 is 4.57 Å². The molecule has 3 aromatic heterocycles. The van der Waals surface area contributed by atoms with Crippen molar-refractivity contribution in [2.75, 3.05) is 0 Å². The van der Waals surface area contributed by atoms with E-state index in [0.717, 1.165) is 39.6 Å². The number of hydrogen-bond acceptors (Lipinski definition) is 2. The first-order valence-electron chi connectivity index (χ1n) is 16.2. The standard InChI is InChI=1S/C42H30N4Si/c1-47(2)36-24-14-11-21-31(36)39-40(47)42(44-41(43-39)27-15-5-3-6-16-27)46-33-23-13-10-20-30(33)38-35(46)26-25-34-37(38)29-19-9-12-22-32(29)45(34)28-17-7-4-8-18-28/h3-26H,1-2H3. The van der Waals surface area contributed by atoms with Crippen LogP contribution in [0, 0.1) is 0 Å². The fourth-order valence-electron chi connectivity index (χ4n) is 8.07. The van der Waals surface area contributed by atoms with Crippen molar-refractivity contribution in [1.29, 1.82) is 0 Å². The predicted octanol–water partition coefficient (Wildman–Crippen LogP) is 9.14. The number of para-hydroxylation sites is 3. The first-order chi connectivity index (χ1) is 23.1. The number of aromatic nitrogens is 4. The maximum atomic E-state index is 5.51. The van der Waals surface area contributed by atoms with Crippen molar-refractivity contribution in [2.24, 2.45) is 0 Å². The van der Waals surface area contributed by atoms with Crippen molar-refractivity contribution in [3.05, 3.63) is 146 Å². The lowest BCUT2D eigenvalue weighted by atomic mass is 10.1. The maximum absolute atomic E-state index is 5.51. The monoisotopic (exact) mass is 618 g/mol.